The number of nitrogens with zero attached hydrogens (tertiary/aromatic N) is 3. The lowest BCUT2D eigenvalue weighted by Crippen LogP contribution is -2.25. The molecule has 5 rings (SSSR count). The van der Waals surface area contributed by atoms with E-state index in [0.717, 1.165) is 39.6 Å². The minimum absolute atomic E-state index is 0.211. The van der Waals surface area contributed by atoms with Gasteiger partial charge in [-0.15, -0.1) is 0 Å². The highest BCUT2D eigenvalue weighted by atomic mass is 19.1. The SMILES string of the molecule is Cc1c(F)cc(C(=O)NC2CC2)cc1-c1ccc2c(cnn2Cc2ccc[n+]([O-])c2)c1. The van der Waals surface area contributed by atoms with Gasteiger partial charge in [-0.1, -0.05) is 6.07 Å². The van der Waals surface area contributed by atoms with Gasteiger partial charge in [-0.3, -0.25) is 9.48 Å². The molecule has 2 heterocycles. The molecule has 156 valence electrons. The number of nitrogens with one attached hydrogen (secondary N) is 1. The minimum Gasteiger partial charge on any atom is -0.619 e. The fraction of sp³-hybridized carbons (Fsp3) is 0.208. The van der Waals surface area contributed by atoms with Crippen LogP contribution in [0.4, 0.5) is 4.39 Å². The number of benzene rings is 2. The monoisotopic (exact) mass is 416 g/mol. The maximum Gasteiger partial charge on any atom is 0.251 e. The van der Waals surface area contributed by atoms with Crippen LogP contribution in [-0.4, -0.2) is 21.7 Å². The molecule has 4 aromatic rings. The first-order valence-electron chi connectivity index (χ1n) is 10.2. The van der Waals surface area contributed by atoms with E-state index in [0.29, 0.717) is 23.2 Å². The molecule has 0 bridgehead atoms. The van der Waals surface area contributed by atoms with Crippen LogP contribution >= 0.6 is 0 Å². The van der Waals surface area contributed by atoms with Crippen LogP contribution in [0.1, 0.15) is 34.3 Å². The van der Waals surface area contributed by atoms with Crippen molar-refractivity contribution < 1.29 is 13.9 Å². The average molecular weight is 416 g/mol. The third kappa shape index (κ3) is 3.86. The van der Waals surface area contributed by atoms with Crippen molar-refractivity contribution in [3.8, 4) is 11.1 Å². The third-order valence-corrected chi connectivity index (χ3v) is 5.64. The molecule has 1 amide bonds. The molecule has 0 aliphatic heterocycles. The number of aromatic nitrogens is 3. The first-order valence-corrected chi connectivity index (χ1v) is 10.2. The molecule has 1 saturated carbocycles. The smallest absolute Gasteiger partial charge is 0.251 e. The molecule has 2 aromatic carbocycles. The number of rotatable bonds is 5. The maximum atomic E-state index is 14.6. The van der Waals surface area contributed by atoms with Crippen LogP contribution in [0.25, 0.3) is 22.0 Å². The Labute approximate surface area is 178 Å². The summed E-state index contributed by atoms with van der Waals surface area (Å²) in [5, 5.41) is 19.8. The summed E-state index contributed by atoms with van der Waals surface area (Å²) in [6, 6.07) is 12.6. The zero-order chi connectivity index (χ0) is 21.5. The zero-order valence-corrected chi connectivity index (χ0v) is 17.0. The Bertz CT molecular complexity index is 1310. The number of hydrogen-bond acceptors (Lipinski definition) is 3. The molecule has 31 heavy (non-hydrogen) atoms. The Morgan fingerprint density at radius 1 is 1.29 bits per heavy atom. The van der Waals surface area contributed by atoms with Crippen molar-refractivity contribution in [1.29, 1.82) is 0 Å². The van der Waals surface area contributed by atoms with Crippen molar-refractivity contribution in [2.24, 2.45) is 0 Å². The quantitative estimate of drug-likeness (QED) is 0.398. The summed E-state index contributed by atoms with van der Waals surface area (Å²) in [6.45, 7) is 2.19. The lowest BCUT2D eigenvalue weighted by molar-refractivity contribution is -0.605. The summed E-state index contributed by atoms with van der Waals surface area (Å²) >= 11 is 0. The number of halogens is 1. The molecule has 6 nitrogen and oxygen atoms in total. The van der Waals surface area contributed by atoms with E-state index >= 15 is 0 Å². The van der Waals surface area contributed by atoms with Crippen molar-refractivity contribution in [3.05, 3.63) is 88.8 Å². The van der Waals surface area contributed by atoms with E-state index in [9.17, 15) is 14.4 Å². The number of hydrogen-bond donors (Lipinski definition) is 1. The number of carbonyl (C=O) groups is 1. The van der Waals surface area contributed by atoms with Gasteiger partial charge in [0.25, 0.3) is 5.91 Å². The first kappa shape index (κ1) is 19.2. The molecule has 7 heteroatoms. The summed E-state index contributed by atoms with van der Waals surface area (Å²) < 4.78 is 17.2. The molecule has 1 aliphatic carbocycles. The van der Waals surface area contributed by atoms with E-state index in [1.165, 1.54) is 18.5 Å². The highest BCUT2D eigenvalue weighted by molar-refractivity contribution is 5.96. The fourth-order valence-electron chi connectivity index (χ4n) is 3.75. The normalized spacial score (nSPS) is 13.5. The molecule has 1 N–H and O–H groups in total. The van der Waals surface area contributed by atoms with Gasteiger partial charge < -0.3 is 10.5 Å². The van der Waals surface area contributed by atoms with Gasteiger partial charge in [-0.2, -0.15) is 9.83 Å². The van der Waals surface area contributed by atoms with Crippen molar-refractivity contribution in [1.82, 2.24) is 15.1 Å². The molecule has 0 saturated heterocycles. The average Bonchev–Trinajstić information content (AvgIpc) is 3.48. The standard InChI is InChI=1S/C24H21FN4O2/c1-15-21(10-18(11-22(15)25)24(30)27-20-5-6-20)17-4-7-23-19(9-17)12-26-29(23)14-16-3-2-8-28(31)13-16/h2-4,7-13,20H,5-6,14H2,1H3,(H,27,30). The van der Waals surface area contributed by atoms with Gasteiger partial charge in [-0.05, 0) is 66.8 Å². The Kier molecular flexibility index (Phi) is 4.66. The Morgan fingerprint density at radius 3 is 2.90 bits per heavy atom. The topological polar surface area (TPSA) is 73.9 Å². The van der Waals surface area contributed by atoms with E-state index in [2.05, 4.69) is 10.4 Å². The Hall–Kier alpha value is -3.74. The second-order valence-corrected chi connectivity index (χ2v) is 8.03. The molecular weight excluding hydrogens is 395 g/mol. The highest BCUT2D eigenvalue weighted by Gasteiger charge is 2.24. The number of carbonyl (C=O) groups excluding carboxylic acids is 1. The summed E-state index contributed by atoms with van der Waals surface area (Å²) in [6.07, 6.45) is 6.67. The van der Waals surface area contributed by atoms with Crippen LogP contribution in [0, 0.1) is 17.9 Å². The molecule has 0 unspecified atom stereocenters. The van der Waals surface area contributed by atoms with Gasteiger partial charge in [0.05, 0.1) is 18.3 Å². The summed E-state index contributed by atoms with van der Waals surface area (Å²) in [4.78, 5) is 12.4. The van der Waals surface area contributed by atoms with Crippen LogP contribution in [-0.2, 0) is 6.54 Å². The molecule has 1 fully saturated rings. The minimum atomic E-state index is -0.399. The molecule has 0 atom stereocenters. The molecule has 0 radical (unpaired) electrons. The van der Waals surface area contributed by atoms with Crippen molar-refractivity contribution in [3.63, 3.8) is 0 Å². The largest absolute Gasteiger partial charge is 0.619 e. The molecular formula is C24H21FN4O2. The summed E-state index contributed by atoms with van der Waals surface area (Å²) in [7, 11) is 0. The van der Waals surface area contributed by atoms with Gasteiger partial charge in [0.1, 0.15) is 5.82 Å². The lowest BCUT2D eigenvalue weighted by atomic mass is 9.96. The van der Waals surface area contributed by atoms with Crippen LogP contribution in [0.2, 0.25) is 0 Å². The van der Waals surface area contributed by atoms with E-state index in [1.54, 1.807) is 25.3 Å². The summed E-state index contributed by atoms with van der Waals surface area (Å²) in [5.74, 6) is -0.640. The van der Waals surface area contributed by atoms with Crippen molar-refractivity contribution in [2.75, 3.05) is 0 Å². The van der Waals surface area contributed by atoms with Crippen molar-refractivity contribution in [2.45, 2.75) is 32.4 Å². The van der Waals surface area contributed by atoms with E-state index in [-0.39, 0.29) is 11.9 Å². The fourth-order valence-corrected chi connectivity index (χ4v) is 3.75. The predicted molar refractivity (Wildman–Crippen MR) is 115 cm³/mol. The second-order valence-electron chi connectivity index (χ2n) is 8.03. The lowest BCUT2D eigenvalue weighted by Gasteiger charge is -2.11. The van der Waals surface area contributed by atoms with Gasteiger partial charge in [0.15, 0.2) is 12.4 Å². The number of amides is 1. The van der Waals surface area contributed by atoms with Gasteiger partial charge in [-0.25, -0.2) is 4.39 Å². The molecule has 2 aromatic heterocycles. The van der Waals surface area contributed by atoms with Gasteiger partial charge in [0.2, 0.25) is 0 Å². The van der Waals surface area contributed by atoms with E-state index in [4.69, 9.17) is 0 Å². The first-order chi connectivity index (χ1) is 15.0. The van der Waals surface area contributed by atoms with Crippen LogP contribution in [0.15, 0.2) is 61.1 Å². The number of pyridine rings is 1. The third-order valence-electron chi connectivity index (χ3n) is 5.64. The van der Waals surface area contributed by atoms with E-state index in [1.807, 2.05) is 28.9 Å². The maximum absolute atomic E-state index is 14.6. The predicted octanol–water partition coefficient (Wildman–Crippen LogP) is 3.72. The van der Waals surface area contributed by atoms with Gasteiger partial charge >= 0.3 is 0 Å². The summed E-state index contributed by atoms with van der Waals surface area (Å²) in [5.41, 5.74) is 4.09. The highest BCUT2D eigenvalue weighted by Crippen LogP contribution is 2.30. The van der Waals surface area contributed by atoms with Crippen LogP contribution in [0.3, 0.4) is 0 Å². The van der Waals surface area contributed by atoms with Crippen LogP contribution in [0.5, 0.6) is 0 Å². The molecule has 0 spiro atoms. The van der Waals surface area contributed by atoms with Crippen LogP contribution < -0.4 is 10.0 Å². The van der Waals surface area contributed by atoms with Gasteiger partial charge in [0, 0.05) is 28.6 Å². The Balaban J connectivity index is 1.49. The zero-order valence-electron chi connectivity index (χ0n) is 17.0. The number of fused-ring (bicyclic) bond motifs is 1. The second kappa shape index (κ2) is 7.50. The van der Waals surface area contributed by atoms with Crippen molar-refractivity contribution >= 4 is 16.8 Å². The molecule has 1 aliphatic rings. The Morgan fingerprint density at radius 2 is 2.13 bits per heavy atom. The van der Waals surface area contributed by atoms with E-state index < -0.39 is 5.82 Å².